The SMILES string of the molecule is CC[C@H](C)[C@@H]1NC(=O)[C@H](Cc2ccc(O)cc2)NC(O)[C@@H](N)CSSC[C@@H](C(=O)N(CC(=O)N[C@@H](CC(C)C)C(=O)NCC(N)=O)C[C@H](O)[C@H](O)CO)NC(=O)[C@H](CC(N)=O)NC(=O)[C@H](CCC(N)=O)NC1=O. The average Bonchev–Trinajstić information content (AvgIpc) is 3.32. The van der Waals surface area contributed by atoms with Crippen LogP contribution < -0.4 is 60.2 Å². The van der Waals surface area contributed by atoms with Crippen molar-refractivity contribution < 1.29 is 73.5 Å². The van der Waals surface area contributed by atoms with Crippen LogP contribution in [-0.2, 0) is 54.4 Å². The van der Waals surface area contributed by atoms with Gasteiger partial charge in [0.25, 0.3) is 0 Å². The van der Waals surface area contributed by atoms with Gasteiger partial charge in [0, 0.05) is 24.5 Å². The molecule has 20 N–H and O–H groups in total. The second kappa shape index (κ2) is 31.7. The van der Waals surface area contributed by atoms with Gasteiger partial charge < -0.3 is 85.3 Å². The van der Waals surface area contributed by atoms with Crippen molar-refractivity contribution in [2.24, 2.45) is 34.8 Å². The summed E-state index contributed by atoms with van der Waals surface area (Å²) < 4.78 is 0. The first kappa shape index (κ1) is 63.3. The monoisotopic (exact) mass is 1070 g/mol. The third kappa shape index (κ3) is 22.9. The highest BCUT2D eigenvalue weighted by Gasteiger charge is 2.37. The number of carbonyl (C=O) groups excluding carboxylic acids is 10. The number of benzene rings is 1. The predicted molar refractivity (Wildman–Crippen MR) is 266 cm³/mol. The number of aliphatic hydroxyl groups excluding tert-OH is 4. The number of carbonyl (C=O) groups is 10. The Bertz CT molecular complexity index is 2060. The quantitative estimate of drug-likeness (QED) is 0.0480. The van der Waals surface area contributed by atoms with Crippen molar-refractivity contribution >= 4 is 80.7 Å². The Kier molecular flexibility index (Phi) is 27.5. The molecule has 0 saturated carbocycles. The highest BCUT2D eigenvalue weighted by atomic mass is 33.1. The van der Waals surface area contributed by atoms with E-state index in [1.807, 2.05) is 0 Å². The number of phenols is 1. The van der Waals surface area contributed by atoms with Gasteiger partial charge in [0.1, 0.15) is 48.3 Å². The molecule has 1 heterocycles. The van der Waals surface area contributed by atoms with E-state index in [0.29, 0.717) is 16.9 Å². The lowest BCUT2D eigenvalue weighted by atomic mass is 9.96. The molecule has 27 nitrogen and oxygen atoms in total. The molecular formula is C44H72N12O15S2. The maximum absolute atomic E-state index is 14.6. The van der Waals surface area contributed by atoms with Gasteiger partial charge >= 0.3 is 0 Å². The minimum absolute atomic E-state index is 0.0415. The lowest BCUT2D eigenvalue weighted by Gasteiger charge is -2.32. The zero-order chi connectivity index (χ0) is 55.1. The average molecular weight is 1070 g/mol. The molecule has 1 aromatic carbocycles. The van der Waals surface area contributed by atoms with Gasteiger partial charge in [0.15, 0.2) is 0 Å². The van der Waals surface area contributed by atoms with Gasteiger partial charge in [-0.2, -0.15) is 0 Å². The van der Waals surface area contributed by atoms with Crippen molar-refractivity contribution in [1.82, 2.24) is 42.1 Å². The Morgan fingerprint density at radius 2 is 1.41 bits per heavy atom. The topological polar surface area (TPSA) is 463 Å². The highest BCUT2D eigenvalue weighted by molar-refractivity contribution is 8.76. The highest BCUT2D eigenvalue weighted by Crippen LogP contribution is 2.24. The van der Waals surface area contributed by atoms with Crippen LogP contribution in [0.5, 0.6) is 5.75 Å². The van der Waals surface area contributed by atoms with Crippen LogP contribution in [0, 0.1) is 11.8 Å². The summed E-state index contributed by atoms with van der Waals surface area (Å²) in [5.41, 5.74) is 23.0. The zero-order valence-corrected chi connectivity index (χ0v) is 42.7. The van der Waals surface area contributed by atoms with E-state index in [4.69, 9.17) is 22.9 Å². The first-order valence-corrected chi connectivity index (χ1v) is 25.9. The van der Waals surface area contributed by atoms with Gasteiger partial charge in [-0.3, -0.25) is 53.3 Å². The molecule has 1 fully saturated rings. The normalized spacial score (nSPS) is 23.5. The van der Waals surface area contributed by atoms with E-state index in [1.54, 1.807) is 27.7 Å². The number of rotatable bonds is 22. The summed E-state index contributed by atoms with van der Waals surface area (Å²) in [6, 6.07) is -4.50. The largest absolute Gasteiger partial charge is 0.508 e. The summed E-state index contributed by atoms with van der Waals surface area (Å²) in [6.07, 6.45) is -6.94. The number of aromatic hydroxyl groups is 1. The number of aliphatic hydroxyl groups is 4. The van der Waals surface area contributed by atoms with Gasteiger partial charge in [-0.25, -0.2) is 0 Å². The van der Waals surface area contributed by atoms with Crippen molar-refractivity contribution in [3.8, 4) is 5.75 Å². The molecule has 410 valence electrons. The van der Waals surface area contributed by atoms with Crippen LogP contribution in [0.2, 0.25) is 0 Å². The fourth-order valence-corrected chi connectivity index (χ4v) is 9.35. The molecule has 0 aliphatic carbocycles. The van der Waals surface area contributed by atoms with Crippen molar-refractivity contribution in [3.63, 3.8) is 0 Å². The molecule has 1 aromatic rings. The molecule has 11 atom stereocenters. The predicted octanol–water partition coefficient (Wildman–Crippen LogP) is -6.27. The molecule has 1 unspecified atom stereocenters. The van der Waals surface area contributed by atoms with Crippen molar-refractivity contribution in [1.29, 1.82) is 0 Å². The Balaban J connectivity index is 2.74. The first-order valence-electron chi connectivity index (χ1n) is 23.4. The molecule has 1 aliphatic heterocycles. The number of nitrogens with two attached hydrogens (primary N) is 4. The Labute approximate surface area is 429 Å². The maximum atomic E-state index is 14.6. The number of primary amides is 3. The third-order valence-corrected chi connectivity index (χ3v) is 13.8. The Hall–Kier alpha value is -5.82. The third-order valence-electron chi connectivity index (χ3n) is 11.3. The number of nitrogens with zero attached hydrogens (tertiary/aromatic N) is 1. The summed E-state index contributed by atoms with van der Waals surface area (Å²) in [5.74, 6) is -11.2. The minimum atomic E-state index is -1.90. The molecule has 1 aliphatic rings. The molecule has 0 bridgehead atoms. The lowest BCUT2D eigenvalue weighted by Crippen LogP contribution is -2.62. The van der Waals surface area contributed by atoms with Gasteiger partial charge in [-0.05, 0) is 48.8 Å². The zero-order valence-electron chi connectivity index (χ0n) is 41.1. The summed E-state index contributed by atoms with van der Waals surface area (Å²) in [5, 5.41) is 69.3. The molecule has 0 radical (unpaired) electrons. The van der Waals surface area contributed by atoms with Crippen molar-refractivity contribution in [2.45, 2.75) is 127 Å². The molecule has 0 aromatic heterocycles. The van der Waals surface area contributed by atoms with Crippen LogP contribution in [0.4, 0.5) is 0 Å². The van der Waals surface area contributed by atoms with E-state index in [-0.39, 0.29) is 30.3 Å². The molecular weight excluding hydrogens is 1000 g/mol. The van der Waals surface area contributed by atoms with Gasteiger partial charge in [-0.15, -0.1) is 0 Å². The van der Waals surface area contributed by atoms with Crippen LogP contribution in [-0.4, -0.2) is 188 Å². The molecule has 2 rings (SSSR count). The second-order valence-electron chi connectivity index (χ2n) is 18.0. The van der Waals surface area contributed by atoms with Crippen LogP contribution >= 0.6 is 21.6 Å². The molecule has 73 heavy (non-hydrogen) atoms. The second-order valence-corrected chi connectivity index (χ2v) is 20.5. The van der Waals surface area contributed by atoms with Crippen molar-refractivity contribution in [3.05, 3.63) is 29.8 Å². The molecule has 0 spiro atoms. The van der Waals surface area contributed by atoms with Crippen LogP contribution in [0.3, 0.4) is 0 Å². The molecule has 1 saturated heterocycles. The lowest BCUT2D eigenvalue weighted by molar-refractivity contribution is -0.142. The van der Waals surface area contributed by atoms with Gasteiger partial charge in [0.05, 0.1) is 44.3 Å². The fraction of sp³-hybridized carbons (Fsp3) is 0.636. The number of phenolic OH excluding ortho intramolecular Hbond substituents is 1. The number of hydrogen-bond donors (Lipinski definition) is 16. The smallest absolute Gasteiger partial charge is 0.246 e. The molecule has 29 heteroatoms. The van der Waals surface area contributed by atoms with Crippen LogP contribution in [0.25, 0.3) is 0 Å². The number of amides is 10. The molecule has 10 amide bonds. The fourth-order valence-electron chi connectivity index (χ4n) is 7.00. The van der Waals surface area contributed by atoms with Gasteiger partial charge in [0.2, 0.25) is 59.1 Å². The van der Waals surface area contributed by atoms with E-state index >= 15 is 0 Å². The van der Waals surface area contributed by atoms with E-state index in [0.717, 1.165) is 21.6 Å². The summed E-state index contributed by atoms with van der Waals surface area (Å²) in [7, 11) is 1.87. The van der Waals surface area contributed by atoms with E-state index in [2.05, 4.69) is 37.2 Å². The van der Waals surface area contributed by atoms with E-state index in [9.17, 15) is 73.5 Å². The first-order chi connectivity index (χ1) is 34.3. The van der Waals surface area contributed by atoms with E-state index < -0.39 is 177 Å². The van der Waals surface area contributed by atoms with Gasteiger partial charge in [-0.1, -0.05) is 67.8 Å². The summed E-state index contributed by atoms with van der Waals surface area (Å²) in [6.45, 7) is 3.47. The Morgan fingerprint density at radius 1 is 0.808 bits per heavy atom. The summed E-state index contributed by atoms with van der Waals surface area (Å²) >= 11 is 0. The maximum Gasteiger partial charge on any atom is 0.246 e. The van der Waals surface area contributed by atoms with Crippen LogP contribution in [0.1, 0.15) is 65.4 Å². The van der Waals surface area contributed by atoms with Crippen molar-refractivity contribution in [2.75, 3.05) is 37.7 Å². The van der Waals surface area contributed by atoms with Crippen LogP contribution in [0.15, 0.2) is 24.3 Å². The number of hydrogen-bond acceptors (Lipinski definition) is 19. The minimum Gasteiger partial charge on any atom is -0.508 e. The standard InChI is InChI=1S/C44H72N12O15S2/c1-5-22(4)37-43(70)51-26(10-11-33(46)61)40(67)53-29(14-34(47)62)41(68)54-30(20-73-72-19-25(45)38(65)52-28(42(69)55-37)13-23-6-8-24(58)9-7-23)44(71)56(16-31(59)32(60)18-57)17-36(64)50-27(12-21(2)3)39(66)49-15-35(48)63/h6-9,21-22,25-32,37-38,52,57-60,65H,5,10-20,45H2,1-4H3,(H2,46,61)(H2,47,62)(H2,48,63)(H,49,66)(H,50,64)(H,51,70)(H,53,67)(H,54,68)(H,55,69)/t22-,25-,26-,27-,28-,29-,30-,31-,32+,37-,38?/m0/s1. The summed E-state index contributed by atoms with van der Waals surface area (Å²) in [4.78, 5) is 134. The Morgan fingerprint density at radius 3 is 1.99 bits per heavy atom. The number of nitrogens with one attached hydrogen (secondary N) is 7. The van der Waals surface area contributed by atoms with E-state index in [1.165, 1.54) is 24.3 Å².